The first-order valence-electron chi connectivity index (χ1n) is 6.29. The van der Waals surface area contributed by atoms with Gasteiger partial charge in [-0.15, -0.1) is 0 Å². The van der Waals surface area contributed by atoms with Gasteiger partial charge in [-0.25, -0.2) is 9.78 Å². The molecule has 2 aliphatic heterocycles. The highest BCUT2D eigenvalue weighted by Gasteiger charge is 2.41. The molecule has 2 saturated heterocycles. The van der Waals surface area contributed by atoms with E-state index in [2.05, 4.69) is 10.3 Å². The Morgan fingerprint density at radius 3 is 2.74 bits per heavy atom. The van der Waals surface area contributed by atoms with Crippen molar-refractivity contribution in [1.29, 1.82) is 0 Å². The molecule has 3 atom stereocenters. The third-order valence-electron chi connectivity index (χ3n) is 3.67. The molecule has 2 aliphatic rings. The third kappa shape index (κ3) is 2.31. The number of hydrogen-bond acceptors (Lipinski definition) is 4. The minimum Gasteiger partial charge on any atom is -0.477 e. The van der Waals surface area contributed by atoms with Gasteiger partial charge >= 0.3 is 5.97 Å². The number of rotatable bonds is 3. The zero-order chi connectivity index (χ0) is 13.4. The van der Waals surface area contributed by atoms with Crippen molar-refractivity contribution in [2.24, 2.45) is 0 Å². The number of aromatic carboxylic acids is 1. The van der Waals surface area contributed by atoms with Crippen LogP contribution in [0.25, 0.3) is 0 Å². The van der Waals surface area contributed by atoms with Crippen molar-refractivity contribution in [1.82, 2.24) is 10.3 Å². The molecule has 0 aliphatic carbocycles. The first-order valence-corrected chi connectivity index (χ1v) is 6.29. The fourth-order valence-electron chi connectivity index (χ4n) is 2.70. The molecule has 3 heterocycles. The average Bonchev–Trinajstić information content (AvgIpc) is 3.01. The van der Waals surface area contributed by atoms with E-state index in [4.69, 9.17) is 9.84 Å². The fourth-order valence-corrected chi connectivity index (χ4v) is 2.70. The number of ether oxygens (including phenoxy) is 1. The van der Waals surface area contributed by atoms with Gasteiger partial charge in [0, 0.05) is 6.20 Å². The van der Waals surface area contributed by atoms with Gasteiger partial charge < -0.3 is 15.2 Å². The zero-order valence-electron chi connectivity index (χ0n) is 10.2. The van der Waals surface area contributed by atoms with Gasteiger partial charge in [0.1, 0.15) is 5.69 Å². The lowest BCUT2D eigenvalue weighted by molar-refractivity contribution is 0.0689. The maximum absolute atomic E-state index is 12.0. The molecule has 100 valence electrons. The van der Waals surface area contributed by atoms with E-state index in [1.165, 1.54) is 18.3 Å². The second-order valence-electron chi connectivity index (χ2n) is 4.93. The van der Waals surface area contributed by atoms with Crippen LogP contribution < -0.4 is 5.32 Å². The molecule has 6 nitrogen and oxygen atoms in total. The lowest BCUT2D eigenvalue weighted by atomic mass is 9.95. The molecule has 3 unspecified atom stereocenters. The summed E-state index contributed by atoms with van der Waals surface area (Å²) in [4.78, 5) is 26.4. The number of amides is 1. The van der Waals surface area contributed by atoms with Crippen LogP contribution in [0.2, 0.25) is 0 Å². The molecule has 0 spiro atoms. The van der Waals surface area contributed by atoms with Gasteiger partial charge in [0.15, 0.2) is 0 Å². The van der Waals surface area contributed by atoms with Crippen LogP contribution in [-0.4, -0.2) is 40.2 Å². The van der Waals surface area contributed by atoms with Crippen molar-refractivity contribution < 1.29 is 19.4 Å². The number of fused-ring (bicyclic) bond motifs is 2. The van der Waals surface area contributed by atoms with Gasteiger partial charge in [0.05, 0.1) is 23.8 Å². The molecule has 1 aromatic heterocycles. The first kappa shape index (κ1) is 12.1. The van der Waals surface area contributed by atoms with E-state index >= 15 is 0 Å². The van der Waals surface area contributed by atoms with E-state index < -0.39 is 5.97 Å². The van der Waals surface area contributed by atoms with E-state index in [9.17, 15) is 9.59 Å². The number of hydrogen-bond donors (Lipinski definition) is 2. The number of carbonyl (C=O) groups is 2. The Hall–Kier alpha value is -1.95. The Balaban J connectivity index is 1.65. The standard InChI is InChI=1S/C13H14N2O4/c16-12(7-1-3-9(13(17)18)14-6-7)15-10-5-8-2-4-11(10)19-8/h1,3,6,8,10-11H,2,4-5H2,(H,15,16)(H,17,18). The van der Waals surface area contributed by atoms with Crippen molar-refractivity contribution in [3.63, 3.8) is 0 Å². The van der Waals surface area contributed by atoms with Crippen LogP contribution in [-0.2, 0) is 4.74 Å². The lowest BCUT2D eigenvalue weighted by Crippen LogP contribution is -2.41. The number of aromatic nitrogens is 1. The van der Waals surface area contributed by atoms with Crippen LogP contribution in [0.3, 0.4) is 0 Å². The molecule has 0 saturated carbocycles. The van der Waals surface area contributed by atoms with E-state index in [1.807, 2.05) is 0 Å². The van der Waals surface area contributed by atoms with Crippen LogP contribution >= 0.6 is 0 Å². The van der Waals surface area contributed by atoms with Gasteiger partial charge in [-0.05, 0) is 31.4 Å². The number of nitrogens with zero attached hydrogens (tertiary/aromatic N) is 1. The molecular weight excluding hydrogens is 248 g/mol. The van der Waals surface area contributed by atoms with Gasteiger partial charge in [-0.2, -0.15) is 0 Å². The molecule has 0 aromatic carbocycles. The summed E-state index contributed by atoms with van der Waals surface area (Å²) in [7, 11) is 0. The molecule has 2 bridgehead atoms. The van der Waals surface area contributed by atoms with E-state index in [0.717, 1.165) is 19.3 Å². The monoisotopic (exact) mass is 262 g/mol. The number of nitrogens with one attached hydrogen (secondary N) is 1. The highest BCUT2D eigenvalue weighted by atomic mass is 16.5. The Labute approximate surface area is 109 Å². The van der Waals surface area contributed by atoms with Crippen molar-refractivity contribution in [3.8, 4) is 0 Å². The van der Waals surface area contributed by atoms with Gasteiger partial charge in [-0.1, -0.05) is 0 Å². The predicted molar refractivity (Wildman–Crippen MR) is 65.0 cm³/mol. The van der Waals surface area contributed by atoms with Crippen molar-refractivity contribution in [3.05, 3.63) is 29.6 Å². The maximum atomic E-state index is 12.0. The largest absolute Gasteiger partial charge is 0.477 e. The second-order valence-corrected chi connectivity index (χ2v) is 4.93. The third-order valence-corrected chi connectivity index (χ3v) is 3.67. The quantitative estimate of drug-likeness (QED) is 0.842. The van der Waals surface area contributed by atoms with E-state index in [0.29, 0.717) is 5.56 Å². The minimum atomic E-state index is -1.10. The van der Waals surface area contributed by atoms with Crippen LogP contribution in [0.1, 0.15) is 40.1 Å². The molecule has 2 N–H and O–H groups in total. The zero-order valence-corrected chi connectivity index (χ0v) is 10.2. The number of pyridine rings is 1. The molecule has 2 fully saturated rings. The van der Waals surface area contributed by atoms with Crippen LogP contribution in [0.4, 0.5) is 0 Å². The smallest absolute Gasteiger partial charge is 0.354 e. The Morgan fingerprint density at radius 2 is 2.21 bits per heavy atom. The summed E-state index contributed by atoms with van der Waals surface area (Å²) in [6.07, 6.45) is 4.62. The predicted octanol–water partition coefficient (Wildman–Crippen LogP) is 0.829. The fraction of sp³-hybridized carbons (Fsp3) is 0.462. The SMILES string of the molecule is O=C(NC1CC2CCC1O2)c1ccc(C(=O)O)nc1. The normalized spacial score (nSPS) is 28.3. The van der Waals surface area contributed by atoms with Crippen LogP contribution in [0, 0.1) is 0 Å². The highest BCUT2D eigenvalue weighted by molar-refractivity contribution is 5.95. The first-order chi connectivity index (χ1) is 9.13. The summed E-state index contributed by atoms with van der Waals surface area (Å²) < 4.78 is 5.66. The summed E-state index contributed by atoms with van der Waals surface area (Å²) in [6.45, 7) is 0. The Kier molecular flexibility index (Phi) is 2.94. The topological polar surface area (TPSA) is 88.5 Å². The van der Waals surface area contributed by atoms with Gasteiger partial charge in [0.25, 0.3) is 5.91 Å². The van der Waals surface area contributed by atoms with Crippen molar-refractivity contribution >= 4 is 11.9 Å². The summed E-state index contributed by atoms with van der Waals surface area (Å²) >= 11 is 0. The summed E-state index contributed by atoms with van der Waals surface area (Å²) in [6, 6.07) is 2.86. The van der Waals surface area contributed by atoms with E-state index in [-0.39, 0.29) is 29.9 Å². The van der Waals surface area contributed by atoms with Crippen molar-refractivity contribution in [2.45, 2.75) is 37.5 Å². The summed E-state index contributed by atoms with van der Waals surface area (Å²) in [5.41, 5.74) is 0.299. The lowest BCUT2D eigenvalue weighted by Gasteiger charge is -2.19. The molecule has 0 radical (unpaired) electrons. The van der Waals surface area contributed by atoms with Crippen molar-refractivity contribution in [2.75, 3.05) is 0 Å². The average molecular weight is 262 g/mol. The van der Waals surface area contributed by atoms with Crippen LogP contribution in [0.5, 0.6) is 0 Å². The van der Waals surface area contributed by atoms with E-state index in [1.54, 1.807) is 0 Å². The molecular formula is C13H14N2O4. The van der Waals surface area contributed by atoms with Crippen LogP contribution in [0.15, 0.2) is 18.3 Å². The molecule has 19 heavy (non-hydrogen) atoms. The molecule has 1 amide bonds. The number of carboxylic acids is 1. The molecule has 3 rings (SSSR count). The number of carboxylic acid groups (broad SMARTS) is 1. The summed E-state index contributed by atoms with van der Waals surface area (Å²) in [5, 5.41) is 11.7. The minimum absolute atomic E-state index is 0.0606. The second kappa shape index (κ2) is 4.62. The maximum Gasteiger partial charge on any atom is 0.354 e. The summed E-state index contributed by atoms with van der Waals surface area (Å²) in [5.74, 6) is -1.33. The molecule has 6 heteroatoms. The Morgan fingerprint density at radius 1 is 1.37 bits per heavy atom. The Bertz CT molecular complexity index is 514. The number of carbonyl (C=O) groups excluding carboxylic acids is 1. The van der Waals surface area contributed by atoms with Gasteiger partial charge in [0.2, 0.25) is 0 Å². The highest BCUT2D eigenvalue weighted by Crippen LogP contribution is 2.34. The van der Waals surface area contributed by atoms with Gasteiger partial charge in [-0.3, -0.25) is 4.79 Å². The molecule has 1 aromatic rings.